The number of benzene rings is 7. The first-order valence-electron chi connectivity index (χ1n) is 26.8. The molecule has 3 heteroatoms. The zero-order chi connectivity index (χ0) is 50.5. The molecule has 5 aliphatic rings. The maximum Gasteiger partial charge on any atom is 0.333 e. The molecule has 0 bridgehead atoms. The van der Waals surface area contributed by atoms with Crippen molar-refractivity contribution in [3.8, 4) is 33.4 Å². The molecule has 7 aromatic carbocycles. The van der Waals surface area contributed by atoms with Gasteiger partial charge in [0.15, 0.2) is 0 Å². The van der Waals surface area contributed by atoms with Crippen LogP contribution in [-0.2, 0) is 37.9 Å². The molecule has 0 atom stereocenters. The monoisotopic (exact) mass is 931 g/mol. The second-order valence-corrected chi connectivity index (χ2v) is 27.8. The normalized spacial score (nSPS) is 18.2. The van der Waals surface area contributed by atoms with Crippen molar-refractivity contribution in [1.29, 1.82) is 0 Å². The number of anilines is 5. The van der Waals surface area contributed by atoms with E-state index in [2.05, 4.69) is 249 Å². The summed E-state index contributed by atoms with van der Waals surface area (Å²) in [4.78, 5) is 5.46. The maximum atomic E-state index is 2.77. The number of nitrogens with zero attached hydrogens (tertiary/aromatic N) is 2. The lowest BCUT2D eigenvalue weighted by Gasteiger charge is -2.48. The summed E-state index contributed by atoms with van der Waals surface area (Å²) >= 11 is 0. The Bertz CT molecular complexity index is 3410. The molecule has 0 N–H and O–H groups in total. The summed E-state index contributed by atoms with van der Waals surface area (Å²) in [6.07, 6.45) is 2.40. The molecule has 0 aromatic heterocycles. The van der Waals surface area contributed by atoms with Gasteiger partial charge in [0.1, 0.15) is 0 Å². The van der Waals surface area contributed by atoms with Crippen LogP contribution in [0.5, 0.6) is 0 Å². The van der Waals surface area contributed by atoms with E-state index in [0.29, 0.717) is 0 Å². The van der Waals surface area contributed by atoms with E-state index in [0.717, 1.165) is 0 Å². The van der Waals surface area contributed by atoms with Gasteiger partial charge in [0.25, 0.3) is 0 Å². The molecule has 2 nitrogen and oxygen atoms in total. The van der Waals surface area contributed by atoms with Crippen molar-refractivity contribution >= 4 is 46.2 Å². The van der Waals surface area contributed by atoms with Crippen LogP contribution < -0.4 is 20.6 Å². The van der Waals surface area contributed by atoms with Crippen molar-refractivity contribution in [3.63, 3.8) is 0 Å². The van der Waals surface area contributed by atoms with Crippen LogP contribution in [0.15, 0.2) is 121 Å². The molecule has 12 rings (SSSR count). The van der Waals surface area contributed by atoms with E-state index in [-0.39, 0.29) is 44.8 Å². The summed E-state index contributed by atoms with van der Waals surface area (Å²) in [7, 11) is 0. The Balaban J connectivity index is 1.24. The highest BCUT2D eigenvalue weighted by atomic mass is 15.2. The van der Waals surface area contributed by atoms with E-state index < -0.39 is 0 Å². The van der Waals surface area contributed by atoms with Crippen molar-refractivity contribution < 1.29 is 0 Å². The first-order chi connectivity index (χ1) is 33.1. The molecule has 7 aromatic rings. The average molecular weight is 931 g/mol. The highest BCUT2D eigenvalue weighted by Gasteiger charge is 2.52. The van der Waals surface area contributed by atoms with Gasteiger partial charge in [0.05, 0.1) is 0 Å². The van der Waals surface area contributed by atoms with Gasteiger partial charge in [0, 0.05) is 44.8 Å². The van der Waals surface area contributed by atoms with E-state index in [1.807, 2.05) is 0 Å². The van der Waals surface area contributed by atoms with E-state index in [9.17, 15) is 0 Å². The number of fused-ring (bicyclic) bond motifs is 12. The molecule has 71 heavy (non-hydrogen) atoms. The maximum absolute atomic E-state index is 2.77. The third-order valence-corrected chi connectivity index (χ3v) is 18.4. The van der Waals surface area contributed by atoms with Gasteiger partial charge in [-0.1, -0.05) is 184 Å². The van der Waals surface area contributed by atoms with Crippen LogP contribution in [0.4, 0.5) is 28.4 Å². The van der Waals surface area contributed by atoms with E-state index in [1.54, 1.807) is 5.56 Å². The lowest BCUT2D eigenvalue weighted by atomic mass is 9.42. The van der Waals surface area contributed by atoms with Gasteiger partial charge in [-0.2, -0.15) is 0 Å². The number of hydrogen-bond acceptors (Lipinski definition) is 2. The Morgan fingerprint density at radius 3 is 1.54 bits per heavy atom. The molecule has 2 heterocycles. The van der Waals surface area contributed by atoms with Gasteiger partial charge in [-0.15, -0.1) is 0 Å². The Hall–Kier alpha value is -5.80. The standard InChI is InChI=1S/C68H75BN2/c1-62(2,3)40-22-27-43(28-23-40)70-57-31-26-42(64(7,8)9)34-56(57)69-60-50(35-49-45-20-18-19-21-51(45)68(16,17)59(49)61(60)70)48-37-52-47(38-58(48)71(69)44-29-24-41(25-30-44)63(4,5)6)46-36-54-55(39-53(46)67(52,14)15)66(12,13)33-32-65(54,10)11/h18-31,34-39H,32-33H2,1-17H3. The minimum Gasteiger partial charge on any atom is -0.376 e. The van der Waals surface area contributed by atoms with Crippen LogP contribution in [0.3, 0.4) is 0 Å². The van der Waals surface area contributed by atoms with Crippen LogP contribution in [0.1, 0.15) is 181 Å². The quantitative estimate of drug-likeness (QED) is 0.159. The molecular weight excluding hydrogens is 856 g/mol. The van der Waals surface area contributed by atoms with Gasteiger partial charge < -0.3 is 9.71 Å². The summed E-state index contributed by atoms with van der Waals surface area (Å²) < 4.78 is 0. The lowest BCUT2D eigenvalue weighted by Crippen LogP contribution is -2.62. The Morgan fingerprint density at radius 2 is 0.930 bits per heavy atom. The second-order valence-electron chi connectivity index (χ2n) is 27.8. The summed E-state index contributed by atoms with van der Waals surface area (Å²) in [6.45, 7) is 40.8. The number of hydrogen-bond donors (Lipinski definition) is 0. The summed E-state index contributed by atoms with van der Waals surface area (Å²) in [5.74, 6) is 0. The smallest absolute Gasteiger partial charge is 0.333 e. The fourth-order valence-corrected chi connectivity index (χ4v) is 13.8. The van der Waals surface area contributed by atoms with Crippen LogP contribution >= 0.6 is 0 Å². The molecule has 3 aliphatic carbocycles. The van der Waals surface area contributed by atoms with Crippen molar-refractivity contribution in [2.45, 2.75) is 168 Å². The van der Waals surface area contributed by atoms with Gasteiger partial charge >= 0.3 is 6.85 Å². The minimum atomic E-state index is -0.255. The largest absolute Gasteiger partial charge is 0.376 e. The summed E-state index contributed by atoms with van der Waals surface area (Å²) in [5, 5.41) is 0. The van der Waals surface area contributed by atoms with Gasteiger partial charge in [-0.25, -0.2) is 0 Å². The summed E-state index contributed by atoms with van der Waals surface area (Å²) in [5.41, 5.74) is 29.9. The van der Waals surface area contributed by atoms with E-state index in [4.69, 9.17) is 0 Å². The third-order valence-electron chi connectivity index (χ3n) is 18.4. The van der Waals surface area contributed by atoms with Crippen LogP contribution in [0, 0.1) is 0 Å². The highest BCUT2D eigenvalue weighted by Crippen LogP contribution is 2.61. The Labute approximate surface area is 427 Å². The molecular formula is C68H75BN2. The van der Waals surface area contributed by atoms with Crippen molar-refractivity contribution in [2.75, 3.05) is 9.71 Å². The molecule has 0 fully saturated rings. The van der Waals surface area contributed by atoms with Crippen molar-refractivity contribution in [1.82, 2.24) is 0 Å². The SMILES string of the molecule is CC(C)(C)c1ccc(N2B3c4cc(C(C)(C)C)ccc4N(c4ccc(C(C)(C)C)cc4)c4c3c(cc3c4C(C)(C)c4ccccc4-3)-c3cc4c(cc32)-c2cc3c(cc2C4(C)C)C(C)(C)CCC3(C)C)cc1. The molecule has 0 saturated carbocycles. The molecule has 0 amide bonds. The van der Waals surface area contributed by atoms with Crippen LogP contribution in [0.2, 0.25) is 0 Å². The zero-order valence-corrected chi connectivity index (χ0v) is 45.9. The highest BCUT2D eigenvalue weighted by molar-refractivity contribution is 6.93. The predicted molar refractivity (Wildman–Crippen MR) is 307 cm³/mol. The first kappa shape index (κ1) is 46.3. The second kappa shape index (κ2) is 14.5. The van der Waals surface area contributed by atoms with Crippen LogP contribution in [0.25, 0.3) is 33.4 Å². The van der Waals surface area contributed by atoms with Gasteiger partial charge in [-0.3, -0.25) is 0 Å². The zero-order valence-electron chi connectivity index (χ0n) is 45.9. The van der Waals surface area contributed by atoms with E-state index in [1.165, 1.54) is 130 Å². The van der Waals surface area contributed by atoms with Crippen LogP contribution in [-0.4, -0.2) is 6.85 Å². The Morgan fingerprint density at radius 1 is 0.408 bits per heavy atom. The number of rotatable bonds is 2. The van der Waals surface area contributed by atoms with Gasteiger partial charge in [-0.05, 0) is 183 Å². The van der Waals surface area contributed by atoms with Crippen molar-refractivity contribution in [3.05, 3.63) is 171 Å². The van der Waals surface area contributed by atoms with Crippen molar-refractivity contribution in [2.24, 2.45) is 0 Å². The topological polar surface area (TPSA) is 6.48 Å². The van der Waals surface area contributed by atoms with E-state index >= 15 is 0 Å². The lowest BCUT2D eigenvalue weighted by molar-refractivity contribution is 0.331. The predicted octanol–water partition coefficient (Wildman–Crippen LogP) is 17.2. The fourth-order valence-electron chi connectivity index (χ4n) is 13.8. The average Bonchev–Trinajstić information content (AvgIpc) is 3.67. The molecule has 360 valence electrons. The van der Waals surface area contributed by atoms with Gasteiger partial charge in [0.2, 0.25) is 0 Å². The fraction of sp³-hybridized carbons (Fsp3) is 0.382. The molecule has 0 radical (unpaired) electrons. The Kier molecular flexibility index (Phi) is 9.42. The molecule has 0 unspecified atom stereocenters. The third kappa shape index (κ3) is 6.52. The minimum absolute atomic E-state index is 0.0267. The molecule has 0 spiro atoms. The summed E-state index contributed by atoms with van der Waals surface area (Å²) in [6, 6.07) is 49.2. The molecule has 0 saturated heterocycles. The first-order valence-corrected chi connectivity index (χ1v) is 26.8. The molecule has 2 aliphatic heterocycles.